The van der Waals surface area contributed by atoms with E-state index in [4.69, 9.17) is 5.11 Å². The average Bonchev–Trinajstić information content (AvgIpc) is 2.47. The van der Waals surface area contributed by atoms with Crippen LogP contribution in [0.4, 0.5) is 0 Å². The molecule has 0 amide bonds. The maximum atomic E-state index is 10.6. The van der Waals surface area contributed by atoms with Crippen molar-refractivity contribution in [2.24, 2.45) is 0 Å². The molecule has 0 aromatic heterocycles. The maximum absolute atomic E-state index is 10.6. The van der Waals surface area contributed by atoms with Gasteiger partial charge in [0.25, 0.3) is 0 Å². The lowest BCUT2D eigenvalue weighted by atomic mass is 10.1. The lowest BCUT2D eigenvalue weighted by Gasteiger charge is -2.39. The van der Waals surface area contributed by atoms with Crippen LogP contribution >= 0.6 is 0 Å². The van der Waals surface area contributed by atoms with Gasteiger partial charge in [0.1, 0.15) is 0 Å². The molecule has 0 aromatic rings. The number of carboxylic acid groups (broad SMARTS) is 1. The zero-order valence-electron chi connectivity index (χ0n) is 14.7. The highest BCUT2D eigenvalue weighted by Crippen LogP contribution is 2.17. The van der Waals surface area contributed by atoms with Crippen LogP contribution in [0.1, 0.15) is 85.0 Å². The number of hydrogen-bond donors (Lipinski definition) is 1. The number of nitrogens with zero attached hydrogens (tertiary/aromatic N) is 1. The fourth-order valence-electron chi connectivity index (χ4n) is 3.05. The number of carbonyl (C=O) groups is 1. The van der Waals surface area contributed by atoms with Gasteiger partial charge in [0.05, 0.1) is 26.2 Å². The van der Waals surface area contributed by atoms with Gasteiger partial charge in [-0.1, -0.05) is 40.0 Å². The molecule has 0 rings (SSSR count). The lowest BCUT2D eigenvalue weighted by molar-refractivity contribution is -0.929. The van der Waals surface area contributed by atoms with Crippen molar-refractivity contribution in [1.29, 1.82) is 0 Å². The van der Waals surface area contributed by atoms with Crippen molar-refractivity contribution in [3.63, 3.8) is 0 Å². The highest BCUT2D eigenvalue weighted by Gasteiger charge is 2.25. The van der Waals surface area contributed by atoms with Gasteiger partial charge < -0.3 is 9.59 Å². The minimum Gasteiger partial charge on any atom is -0.481 e. The predicted octanol–water partition coefficient (Wildman–Crippen LogP) is 4.85. The first-order valence-electron chi connectivity index (χ1n) is 9.17. The second-order valence-electron chi connectivity index (χ2n) is 6.50. The van der Waals surface area contributed by atoms with Gasteiger partial charge in [-0.05, 0) is 38.5 Å². The molecule has 0 saturated heterocycles. The van der Waals surface area contributed by atoms with Crippen LogP contribution in [-0.2, 0) is 4.79 Å². The first-order chi connectivity index (χ1) is 10.1. The summed E-state index contributed by atoms with van der Waals surface area (Å²) in [4.78, 5) is 10.6. The van der Waals surface area contributed by atoms with E-state index in [0.717, 1.165) is 12.8 Å². The largest absolute Gasteiger partial charge is 0.481 e. The lowest BCUT2D eigenvalue weighted by Crippen LogP contribution is -2.50. The van der Waals surface area contributed by atoms with Gasteiger partial charge in [-0.2, -0.15) is 0 Å². The Kier molecular flexibility index (Phi) is 12.8. The van der Waals surface area contributed by atoms with E-state index in [1.165, 1.54) is 75.6 Å². The molecule has 126 valence electrons. The molecule has 0 spiro atoms. The zero-order valence-corrected chi connectivity index (χ0v) is 14.7. The molecule has 0 heterocycles. The summed E-state index contributed by atoms with van der Waals surface area (Å²) in [5.74, 6) is -0.654. The molecular formula is C18H38NO2+. The van der Waals surface area contributed by atoms with Gasteiger partial charge in [-0.25, -0.2) is 0 Å². The minimum absolute atomic E-state index is 0.332. The second-order valence-corrected chi connectivity index (χ2v) is 6.50. The second kappa shape index (κ2) is 13.1. The molecule has 0 saturated carbocycles. The molecule has 0 bridgehead atoms. The predicted molar refractivity (Wildman–Crippen MR) is 90.6 cm³/mol. The summed E-state index contributed by atoms with van der Waals surface area (Å²) >= 11 is 0. The highest BCUT2D eigenvalue weighted by atomic mass is 16.4. The molecule has 0 aliphatic heterocycles. The van der Waals surface area contributed by atoms with Crippen molar-refractivity contribution >= 4 is 5.97 Å². The number of carboxylic acids is 1. The Morgan fingerprint density at radius 3 is 1.52 bits per heavy atom. The normalized spacial score (nSPS) is 11.8. The van der Waals surface area contributed by atoms with Crippen LogP contribution in [0.2, 0.25) is 0 Å². The van der Waals surface area contributed by atoms with Crippen molar-refractivity contribution in [2.75, 3.05) is 26.2 Å². The Balaban J connectivity index is 4.37. The third-order valence-corrected chi connectivity index (χ3v) is 4.48. The topological polar surface area (TPSA) is 37.3 Å². The number of hydrogen-bond acceptors (Lipinski definition) is 1. The maximum Gasteiger partial charge on any atom is 0.303 e. The summed E-state index contributed by atoms with van der Waals surface area (Å²) in [5.41, 5.74) is 0. The van der Waals surface area contributed by atoms with E-state index >= 15 is 0 Å². The molecule has 3 heteroatoms. The summed E-state index contributed by atoms with van der Waals surface area (Å²) in [6, 6.07) is 0. The number of aliphatic carboxylic acids is 1. The molecule has 1 N–H and O–H groups in total. The van der Waals surface area contributed by atoms with Gasteiger partial charge in [-0.15, -0.1) is 0 Å². The average molecular weight is 301 g/mol. The summed E-state index contributed by atoms with van der Waals surface area (Å²) in [7, 11) is 0. The van der Waals surface area contributed by atoms with E-state index in [9.17, 15) is 4.79 Å². The molecule has 0 fully saturated rings. The van der Waals surface area contributed by atoms with Gasteiger partial charge in [-0.3, -0.25) is 4.79 Å². The van der Waals surface area contributed by atoms with E-state index in [-0.39, 0.29) is 0 Å². The van der Waals surface area contributed by atoms with Crippen LogP contribution in [0.5, 0.6) is 0 Å². The van der Waals surface area contributed by atoms with E-state index in [2.05, 4.69) is 20.8 Å². The SMILES string of the molecule is CCCC[N+](CCCC)(CCCC)CCCCCC(=O)O. The molecule has 0 aliphatic carbocycles. The van der Waals surface area contributed by atoms with Crippen LogP contribution in [0.15, 0.2) is 0 Å². The van der Waals surface area contributed by atoms with Crippen molar-refractivity contribution in [3.05, 3.63) is 0 Å². The summed E-state index contributed by atoms with van der Waals surface area (Å²) in [6.45, 7) is 12.0. The van der Waals surface area contributed by atoms with Crippen LogP contribution < -0.4 is 0 Å². The summed E-state index contributed by atoms with van der Waals surface area (Å²) in [6.07, 6.45) is 11.2. The van der Waals surface area contributed by atoms with Gasteiger partial charge >= 0.3 is 5.97 Å². The monoisotopic (exact) mass is 300 g/mol. The van der Waals surface area contributed by atoms with Crippen molar-refractivity contribution < 1.29 is 14.4 Å². The Labute approximate surface area is 132 Å². The van der Waals surface area contributed by atoms with Crippen LogP contribution in [0, 0.1) is 0 Å². The number of unbranched alkanes of at least 4 members (excludes halogenated alkanes) is 5. The summed E-state index contributed by atoms with van der Waals surface area (Å²) < 4.78 is 1.28. The summed E-state index contributed by atoms with van der Waals surface area (Å²) in [5, 5.41) is 8.72. The highest BCUT2D eigenvalue weighted by molar-refractivity contribution is 5.66. The minimum atomic E-state index is -0.654. The van der Waals surface area contributed by atoms with Crippen LogP contribution in [0.3, 0.4) is 0 Å². The zero-order chi connectivity index (χ0) is 16.0. The van der Waals surface area contributed by atoms with Crippen molar-refractivity contribution in [1.82, 2.24) is 0 Å². The molecule has 0 aromatic carbocycles. The first-order valence-corrected chi connectivity index (χ1v) is 9.17. The molecule has 21 heavy (non-hydrogen) atoms. The van der Waals surface area contributed by atoms with Crippen molar-refractivity contribution in [3.8, 4) is 0 Å². The van der Waals surface area contributed by atoms with Crippen LogP contribution in [0.25, 0.3) is 0 Å². The number of quaternary nitrogens is 1. The van der Waals surface area contributed by atoms with Gasteiger partial charge in [0.15, 0.2) is 0 Å². The molecule has 0 aliphatic rings. The fourth-order valence-corrected chi connectivity index (χ4v) is 3.05. The van der Waals surface area contributed by atoms with E-state index in [0.29, 0.717) is 6.42 Å². The molecule has 0 unspecified atom stereocenters. The van der Waals surface area contributed by atoms with E-state index in [1.54, 1.807) is 0 Å². The van der Waals surface area contributed by atoms with Crippen LogP contribution in [-0.4, -0.2) is 41.7 Å². The molecule has 3 nitrogen and oxygen atoms in total. The standard InChI is InChI=1S/C18H37NO2/c1-4-7-14-19(15-8-5-2,16-9-6-3)17-12-10-11-13-18(20)21/h4-17H2,1-3H3/p+1. The quantitative estimate of drug-likeness (QED) is 0.347. The third kappa shape index (κ3) is 10.8. The van der Waals surface area contributed by atoms with Crippen molar-refractivity contribution in [2.45, 2.75) is 85.0 Å². The van der Waals surface area contributed by atoms with Gasteiger partial charge in [0.2, 0.25) is 0 Å². The Morgan fingerprint density at radius 1 is 0.714 bits per heavy atom. The molecular weight excluding hydrogens is 262 g/mol. The molecule has 0 atom stereocenters. The number of rotatable bonds is 15. The molecule has 0 radical (unpaired) electrons. The Morgan fingerprint density at radius 2 is 1.14 bits per heavy atom. The Bertz CT molecular complexity index is 232. The van der Waals surface area contributed by atoms with Gasteiger partial charge in [0, 0.05) is 6.42 Å². The third-order valence-electron chi connectivity index (χ3n) is 4.48. The smallest absolute Gasteiger partial charge is 0.303 e. The first kappa shape index (κ1) is 20.4. The fraction of sp³-hybridized carbons (Fsp3) is 0.944. The Hall–Kier alpha value is -0.570. The van der Waals surface area contributed by atoms with E-state index < -0.39 is 5.97 Å². The van der Waals surface area contributed by atoms with E-state index in [1.807, 2.05) is 0 Å².